The van der Waals surface area contributed by atoms with Crippen LogP contribution in [-0.4, -0.2) is 23.3 Å². The Hall–Kier alpha value is -2.38. The number of nitrogens with zero attached hydrogens (tertiary/aromatic N) is 1. The summed E-state index contributed by atoms with van der Waals surface area (Å²) in [5.41, 5.74) is 0.628. The second-order valence-electron chi connectivity index (χ2n) is 5.43. The van der Waals surface area contributed by atoms with Crippen molar-refractivity contribution in [3.8, 4) is 0 Å². The molecule has 3 rings (SSSR count). The highest BCUT2D eigenvalue weighted by atomic mass is 32.1. The molecule has 1 N–H and O–H groups in total. The molecule has 0 aliphatic heterocycles. The Kier molecular flexibility index (Phi) is 6.03. The number of hydrogen-bond donors (Lipinski definition) is 1. The molecule has 0 aliphatic carbocycles. The van der Waals surface area contributed by atoms with Gasteiger partial charge in [0.1, 0.15) is 5.76 Å². The molecule has 130 valence electrons. The van der Waals surface area contributed by atoms with Crippen LogP contribution in [0.3, 0.4) is 0 Å². The summed E-state index contributed by atoms with van der Waals surface area (Å²) in [6, 6.07) is 9.40. The molecular weight excluding hydrogens is 356 g/mol. The van der Waals surface area contributed by atoms with Crippen LogP contribution in [0.4, 0.5) is 0 Å². The van der Waals surface area contributed by atoms with Gasteiger partial charge in [-0.15, -0.1) is 11.3 Å². The van der Waals surface area contributed by atoms with Gasteiger partial charge in [-0.1, -0.05) is 6.07 Å². The predicted molar refractivity (Wildman–Crippen MR) is 98.6 cm³/mol. The van der Waals surface area contributed by atoms with E-state index in [2.05, 4.69) is 5.32 Å². The molecule has 0 saturated heterocycles. The van der Waals surface area contributed by atoms with Crippen LogP contribution in [0.15, 0.2) is 57.2 Å². The van der Waals surface area contributed by atoms with E-state index in [9.17, 15) is 9.59 Å². The van der Waals surface area contributed by atoms with Crippen LogP contribution in [0.5, 0.6) is 0 Å². The zero-order valence-electron chi connectivity index (χ0n) is 13.5. The lowest BCUT2D eigenvalue weighted by atomic mass is 10.3. The first-order valence-corrected chi connectivity index (χ1v) is 9.67. The van der Waals surface area contributed by atoms with Crippen LogP contribution < -0.4 is 5.32 Å². The Bertz CT molecular complexity index is 744. The van der Waals surface area contributed by atoms with E-state index in [1.54, 1.807) is 33.9 Å². The first-order chi connectivity index (χ1) is 12.2. The average molecular weight is 374 g/mol. The maximum Gasteiger partial charge on any atom is 0.252 e. The molecule has 0 fully saturated rings. The highest BCUT2D eigenvalue weighted by Crippen LogP contribution is 2.15. The van der Waals surface area contributed by atoms with Crippen LogP contribution in [0.25, 0.3) is 0 Å². The summed E-state index contributed by atoms with van der Waals surface area (Å²) in [5, 5.41) is 8.42. The highest BCUT2D eigenvalue weighted by molar-refractivity contribution is 7.09. The normalized spacial score (nSPS) is 10.6. The van der Waals surface area contributed by atoms with Gasteiger partial charge in [-0.05, 0) is 35.0 Å². The number of furan rings is 1. The molecule has 0 unspecified atom stereocenters. The molecule has 3 aromatic heterocycles. The van der Waals surface area contributed by atoms with Crippen molar-refractivity contribution in [2.45, 2.75) is 19.5 Å². The summed E-state index contributed by atoms with van der Waals surface area (Å²) >= 11 is 3.09. The van der Waals surface area contributed by atoms with Crippen molar-refractivity contribution in [1.29, 1.82) is 0 Å². The smallest absolute Gasteiger partial charge is 0.252 e. The molecule has 2 amide bonds. The number of rotatable bonds is 8. The Morgan fingerprint density at radius 3 is 2.72 bits per heavy atom. The summed E-state index contributed by atoms with van der Waals surface area (Å²) in [7, 11) is 0. The highest BCUT2D eigenvalue weighted by Gasteiger charge is 2.17. The van der Waals surface area contributed by atoms with Gasteiger partial charge in [-0.2, -0.15) is 11.3 Å². The topological polar surface area (TPSA) is 62.6 Å². The molecule has 0 aliphatic rings. The third-order valence-corrected chi connectivity index (χ3v) is 5.16. The van der Waals surface area contributed by atoms with E-state index in [0.717, 1.165) is 10.6 Å². The van der Waals surface area contributed by atoms with Crippen molar-refractivity contribution in [3.05, 3.63) is 68.9 Å². The Labute approximate surface area is 153 Å². The van der Waals surface area contributed by atoms with E-state index in [-0.39, 0.29) is 18.2 Å². The summed E-state index contributed by atoms with van der Waals surface area (Å²) in [5.74, 6) is 0.576. The van der Waals surface area contributed by atoms with E-state index in [0.29, 0.717) is 25.2 Å². The maximum atomic E-state index is 12.6. The molecule has 0 atom stereocenters. The number of thiophene rings is 2. The molecule has 0 aromatic carbocycles. The Morgan fingerprint density at radius 1 is 1.12 bits per heavy atom. The van der Waals surface area contributed by atoms with Crippen LogP contribution in [0.1, 0.15) is 27.4 Å². The zero-order chi connectivity index (χ0) is 17.5. The van der Waals surface area contributed by atoms with Crippen molar-refractivity contribution in [1.82, 2.24) is 10.2 Å². The van der Waals surface area contributed by atoms with Gasteiger partial charge in [-0.25, -0.2) is 0 Å². The molecule has 0 radical (unpaired) electrons. The Balaban J connectivity index is 1.55. The van der Waals surface area contributed by atoms with Gasteiger partial charge in [0, 0.05) is 28.8 Å². The lowest BCUT2D eigenvalue weighted by Gasteiger charge is -2.21. The minimum absolute atomic E-state index is 0.0181. The quantitative estimate of drug-likeness (QED) is 0.653. The van der Waals surface area contributed by atoms with Crippen LogP contribution >= 0.6 is 22.7 Å². The summed E-state index contributed by atoms with van der Waals surface area (Å²) in [6.07, 6.45) is 1.85. The minimum atomic E-state index is -0.148. The first kappa shape index (κ1) is 17.4. The van der Waals surface area contributed by atoms with Gasteiger partial charge in [0.05, 0.1) is 19.4 Å². The molecule has 25 heavy (non-hydrogen) atoms. The van der Waals surface area contributed by atoms with Crippen molar-refractivity contribution in [2.75, 3.05) is 6.54 Å². The number of amides is 2. The van der Waals surface area contributed by atoms with Gasteiger partial charge < -0.3 is 14.6 Å². The van der Waals surface area contributed by atoms with Gasteiger partial charge in [0.15, 0.2) is 0 Å². The van der Waals surface area contributed by atoms with Gasteiger partial charge in [-0.3, -0.25) is 9.59 Å². The molecule has 7 heteroatoms. The minimum Gasteiger partial charge on any atom is -0.467 e. The predicted octanol–water partition coefficient (Wildman–Crippen LogP) is 3.75. The van der Waals surface area contributed by atoms with E-state index in [1.807, 2.05) is 35.0 Å². The fourth-order valence-electron chi connectivity index (χ4n) is 2.35. The summed E-state index contributed by atoms with van der Waals surface area (Å²) in [4.78, 5) is 27.4. The van der Waals surface area contributed by atoms with Crippen LogP contribution in [0.2, 0.25) is 0 Å². The standard InChI is InChI=1S/C18H18N2O3S2/c21-17(5-7-19-18(22)14-6-10-24-13-14)20(11-15-3-1-8-23-15)12-16-4-2-9-25-16/h1-4,6,8-10,13H,5,7,11-12H2,(H,19,22). The van der Waals surface area contributed by atoms with Crippen molar-refractivity contribution in [3.63, 3.8) is 0 Å². The number of carbonyl (C=O) groups is 2. The monoisotopic (exact) mass is 374 g/mol. The van der Waals surface area contributed by atoms with Gasteiger partial charge in [0.25, 0.3) is 5.91 Å². The van der Waals surface area contributed by atoms with Gasteiger partial charge in [0.2, 0.25) is 5.91 Å². The number of nitrogens with one attached hydrogen (secondary N) is 1. The molecule has 0 spiro atoms. The summed E-state index contributed by atoms with van der Waals surface area (Å²) < 4.78 is 5.37. The van der Waals surface area contributed by atoms with E-state index < -0.39 is 0 Å². The fourth-order valence-corrected chi connectivity index (χ4v) is 3.71. The molecule has 0 saturated carbocycles. The number of hydrogen-bond acceptors (Lipinski definition) is 5. The maximum absolute atomic E-state index is 12.6. The summed E-state index contributed by atoms with van der Waals surface area (Å²) in [6.45, 7) is 1.27. The van der Waals surface area contributed by atoms with E-state index in [4.69, 9.17) is 4.42 Å². The van der Waals surface area contributed by atoms with Crippen LogP contribution in [-0.2, 0) is 17.9 Å². The average Bonchev–Trinajstić information content (AvgIpc) is 3.37. The second kappa shape index (κ2) is 8.64. The Morgan fingerprint density at radius 2 is 2.04 bits per heavy atom. The van der Waals surface area contributed by atoms with Crippen LogP contribution in [0, 0.1) is 0 Å². The van der Waals surface area contributed by atoms with Crippen molar-refractivity contribution in [2.24, 2.45) is 0 Å². The second-order valence-corrected chi connectivity index (χ2v) is 7.24. The number of carbonyl (C=O) groups excluding carboxylic acids is 2. The molecular formula is C18H18N2O3S2. The largest absolute Gasteiger partial charge is 0.467 e. The SMILES string of the molecule is O=C(NCCC(=O)N(Cc1ccco1)Cc1cccs1)c1ccsc1. The molecule has 5 nitrogen and oxygen atoms in total. The molecule has 3 heterocycles. The molecule has 3 aromatic rings. The first-order valence-electron chi connectivity index (χ1n) is 7.85. The van der Waals surface area contributed by atoms with Crippen molar-refractivity contribution >= 4 is 34.5 Å². The van der Waals surface area contributed by atoms with E-state index >= 15 is 0 Å². The fraction of sp³-hybridized carbons (Fsp3) is 0.222. The zero-order valence-corrected chi connectivity index (χ0v) is 15.1. The lowest BCUT2D eigenvalue weighted by Crippen LogP contribution is -2.33. The van der Waals surface area contributed by atoms with Gasteiger partial charge >= 0.3 is 0 Å². The molecule has 0 bridgehead atoms. The lowest BCUT2D eigenvalue weighted by molar-refractivity contribution is -0.132. The third-order valence-electron chi connectivity index (χ3n) is 3.61. The van der Waals surface area contributed by atoms with Crippen molar-refractivity contribution < 1.29 is 14.0 Å². The van der Waals surface area contributed by atoms with E-state index in [1.165, 1.54) is 11.3 Å². The third kappa shape index (κ3) is 5.04.